The van der Waals surface area contributed by atoms with Gasteiger partial charge in [-0.25, -0.2) is 0 Å². The van der Waals surface area contributed by atoms with Crippen LogP contribution in [0, 0.1) is 5.92 Å². The molecule has 3 rings (SSSR count). The first-order valence-electron chi connectivity index (χ1n) is 7.02. The van der Waals surface area contributed by atoms with Gasteiger partial charge < -0.3 is 10.6 Å². The molecule has 2 N–H and O–H groups in total. The molecular formula is C15H19ClN4O. The summed E-state index contributed by atoms with van der Waals surface area (Å²) in [6.45, 7) is 2.03. The summed E-state index contributed by atoms with van der Waals surface area (Å²) >= 11 is 0. The predicted molar refractivity (Wildman–Crippen MR) is 85.6 cm³/mol. The van der Waals surface area contributed by atoms with Crippen molar-refractivity contribution in [3.8, 4) is 0 Å². The standard InChI is InChI=1S/C15H18N4O.ClH/c20-15(9-11-3-5-16-6-4-11)19-12-1-2-13-14(10-12)18-8-7-17-13;/h1-2,7-8,10-11,16H,3-6,9H2,(H,19,20);1H. The third-order valence-electron chi connectivity index (χ3n) is 3.69. The summed E-state index contributed by atoms with van der Waals surface area (Å²) in [5.41, 5.74) is 2.42. The van der Waals surface area contributed by atoms with Crippen molar-refractivity contribution < 1.29 is 4.79 Å². The summed E-state index contributed by atoms with van der Waals surface area (Å²) in [5.74, 6) is 0.580. The highest BCUT2D eigenvalue weighted by Crippen LogP contribution is 2.19. The van der Waals surface area contributed by atoms with E-state index in [0.29, 0.717) is 12.3 Å². The molecule has 6 heteroatoms. The number of nitrogens with one attached hydrogen (secondary N) is 2. The van der Waals surface area contributed by atoms with Crippen LogP contribution in [-0.2, 0) is 4.79 Å². The monoisotopic (exact) mass is 306 g/mol. The second kappa shape index (κ2) is 7.33. The van der Waals surface area contributed by atoms with Gasteiger partial charge >= 0.3 is 0 Å². The number of halogens is 1. The Morgan fingerprint density at radius 1 is 1.19 bits per heavy atom. The first kappa shape index (κ1) is 15.7. The molecule has 0 aliphatic carbocycles. The maximum absolute atomic E-state index is 12.0. The third-order valence-corrected chi connectivity index (χ3v) is 3.69. The Morgan fingerprint density at radius 3 is 2.67 bits per heavy atom. The van der Waals surface area contributed by atoms with Crippen LogP contribution >= 0.6 is 12.4 Å². The maximum Gasteiger partial charge on any atom is 0.224 e. The zero-order valence-electron chi connectivity index (χ0n) is 11.7. The topological polar surface area (TPSA) is 66.9 Å². The first-order valence-corrected chi connectivity index (χ1v) is 7.02. The van der Waals surface area contributed by atoms with Gasteiger partial charge in [0.25, 0.3) is 0 Å². The van der Waals surface area contributed by atoms with Crippen molar-refractivity contribution in [2.75, 3.05) is 18.4 Å². The van der Waals surface area contributed by atoms with Crippen LogP contribution < -0.4 is 10.6 Å². The van der Waals surface area contributed by atoms with Gasteiger partial charge in [0.1, 0.15) is 0 Å². The Bertz CT molecular complexity index is 613. The Morgan fingerprint density at radius 2 is 1.90 bits per heavy atom. The number of rotatable bonds is 3. The fraction of sp³-hybridized carbons (Fsp3) is 0.400. The summed E-state index contributed by atoms with van der Waals surface area (Å²) in [6, 6.07) is 5.61. The van der Waals surface area contributed by atoms with E-state index in [1.807, 2.05) is 18.2 Å². The van der Waals surface area contributed by atoms with Crippen molar-refractivity contribution in [2.24, 2.45) is 5.92 Å². The van der Waals surface area contributed by atoms with Crippen LogP contribution in [0.3, 0.4) is 0 Å². The van der Waals surface area contributed by atoms with Crippen molar-refractivity contribution >= 4 is 35.0 Å². The van der Waals surface area contributed by atoms with Gasteiger partial charge in [-0.05, 0) is 50.0 Å². The molecule has 0 spiro atoms. The van der Waals surface area contributed by atoms with Crippen LogP contribution in [0.25, 0.3) is 11.0 Å². The normalized spacial score (nSPS) is 15.4. The molecule has 1 amide bonds. The minimum atomic E-state index is 0. The molecule has 0 radical (unpaired) electrons. The molecule has 2 heterocycles. The van der Waals surface area contributed by atoms with E-state index >= 15 is 0 Å². The average Bonchev–Trinajstić information content (AvgIpc) is 2.48. The highest BCUT2D eigenvalue weighted by atomic mass is 35.5. The Labute approximate surface area is 130 Å². The van der Waals surface area contributed by atoms with Crippen LogP contribution in [0.15, 0.2) is 30.6 Å². The lowest BCUT2D eigenvalue weighted by atomic mass is 9.94. The van der Waals surface area contributed by atoms with Gasteiger partial charge in [-0.2, -0.15) is 0 Å². The van der Waals surface area contributed by atoms with Gasteiger partial charge in [-0.1, -0.05) is 0 Å². The van der Waals surface area contributed by atoms with Crippen LogP contribution in [0.2, 0.25) is 0 Å². The average molecular weight is 307 g/mol. The fourth-order valence-electron chi connectivity index (χ4n) is 2.60. The fourth-order valence-corrected chi connectivity index (χ4v) is 2.60. The van der Waals surface area contributed by atoms with Crippen LogP contribution in [0.4, 0.5) is 5.69 Å². The molecular weight excluding hydrogens is 288 g/mol. The van der Waals surface area contributed by atoms with E-state index < -0.39 is 0 Å². The van der Waals surface area contributed by atoms with Crippen molar-refractivity contribution in [1.29, 1.82) is 0 Å². The SMILES string of the molecule is Cl.O=C(CC1CCNCC1)Nc1ccc2nccnc2c1. The molecule has 1 saturated heterocycles. The molecule has 0 atom stereocenters. The van der Waals surface area contributed by atoms with E-state index in [0.717, 1.165) is 42.7 Å². The van der Waals surface area contributed by atoms with E-state index in [1.165, 1.54) is 0 Å². The quantitative estimate of drug-likeness (QED) is 0.913. The lowest BCUT2D eigenvalue weighted by Crippen LogP contribution is -2.30. The zero-order valence-corrected chi connectivity index (χ0v) is 12.5. The van der Waals surface area contributed by atoms with Gasteiger partial charge in [0.05, 0.1) is 11.0 Å². The first-order chi connectivity index (χ1) is 9.81. The highest BCUT2D eigenvalue weighted by Gasteiger charge is 2.16. The molecule has 112 valence electrons. The minimum Gasteiger partial charge on any atom is -0.326 e. The molecule has 5 nitrogen and oxygen atoms in total. The van der Waals surface area contributed by atoms with Crippen molar-refractivity contribution in [3.63, 3.8) is 0 Å². The second-order valence-electron chi connectivity index (χ2n) is 5.21. The van der Waals surface area contributed by atoms with E-state index in [4.69, 9.17) is 0 Å². The molecule has 21 heavy (non-hydrogen) atoms. The Kier molecular flexibility index (Phi) is 5.47. The molecule has 1 aliphatic rings. The molecule has 0 saturated carbocycles. The number of hydrogen-bond acceptors (Lipinski definition) is 4. The molecule has 0 unspecified atom stereocenters. The number of piperidine rings is 1. The lowest BCUT2D eigenvalue weighted by molar-refractivity contribution is -0.117. The Hall–Kier alpha value is -1.72. The molecule has 1 aromatic carbocycles. The zero-order chi connectivity index (χ0) is 13.8. The van der Waals surface area contributed by atoms with Gasteiger partial charge in [0.15, 0.2) is 0 Å². The van der Waals surface area contributed by atoms with Crippen molar-refractivity contribution in [1.82, 2.24) is 15.3 Å². The molecule has 2 aromatic rings. The number of anilines is 1. The number of benzene rings is 1. The number of carbonyl (C=O) groups is 1. The summed E-state index contributed by atoms with van der Waals surface area (Å²) in [7, 11) is 0. The number of nitrogens with zero attached hydrogens (tertiary/aromatic N) is 2. The van der Waals surface area contributed by atoms with Gasteiger partial charge in [0.2, 0.25) is 5.91 Å². The van der Waals surface area contributed by atoms with Crippen LogP contribution in [-0.4, -0.2) is 29.0 Å². The number of carbonyl (C=O) groups excluding carboxylic acids is 1. The summed E-state index contributed by atoms with van der Waals surface area (Å²) in [5, 5.41) is 6.27. The third kappa shape index (κ3) is 4.12. The summed E-state index contributed by atoms with van der Waals surface area (Å²) < 4.78 is 0. The van der Waals surface area contributed by atoms with Gasteiger partial charge in [-0.15, -0.1) is 12.4 Å². The van der Waals surface area contributed by atoms with Crippen LogP contribution in [0.1, 0.15) is 19.3 Å². The molecule has 1 aromatic heterocycles. The smallest absolute Gasteiger partial charge is 0.224 e. The minimum absolute atomic E-state index is 0. The summed E-state index contributed by atoms with van der Waals surface area (Å²) in [4.78, 5) is 20.5. The summed E-state index contributed by atoms with van der Waals surface area (Å²) in [6.07, 6.45) is 6.08. The molecule has 1 aliphatic heterocycles. The molecule has 1 fully saturated rings. The second-order valence-corrected chi connectivity index (χ2v) is 5.21. The number of aromatic nitrogens is 2. The van der Waals surface area contributed by atoms with Crippen LogP contribution in [0.5, 0.6) is 0 Å². The van der Waals surface area contributed by atoms with Crippen molar-refractivity contribution in [2.45, 2.75) is 19.3 Å². The van der Waals surface area contributed by atoms with Crippen molar-refractivity contribution in [3.05, 3.63) is 30.6 Å². The number of hydrogen-bond donors (Lipinski definition) is 2. The lowest BCUT2D eigenvalue weighted by Gasteiger charge is -2.21. The van der Waals surface area contributed by atoms with E-state index in [1.54, 1.807) is 12.4 Å². The van der Waals surface area contributed by atoms with Gasteiger partial charge in [0, 0.05) is 24.5 Å². The number of fused-ring (bicyclic) bond motifs is 1. The largest absolute Gasteiger partial charge is 0.326 e. The van der Waals surface area contributed by atoms with Gasteiger partial charge in [-0.3, -0.25) is 14.8 Å². The maximum atomic E-state index is 12.0. The van der Waals surface area contributed by atoms with E-state index in [-0.39, 0.29) is 18.3 Å². The highest BCUT2D eigenvalue weighted by molar-refractivity contribution is 5.93. The Balaban J connectivity index is 0.00000161. The number of amides is 1. The molecule has 0 bridgehead atoms. The predicted octanol–water partition coefficient (Wildman–Crippen LogP) is 2.38. The van der Waals surface area contributed by atoms with E-state index in [2.05, 4.69) is 20.6 Å². The van der Waals surface area contributed by atoms with E-state index in [9.17, 15) is 4.79 Å².